The molecule has 4 heterocycles. The summed E-state index contributed by atoms with van der Waals surface area (Å²) in [5.74, 6) is 1.81. The van der Waals surface area contributed by atoms with E-state index in [0.717, 1.165) is 54.2 Å². The van der Waals surface area contributed by atoms with Gasteiger partial charge in [0.1, 0.15) is 17.3 Å². The molecule has 1 aromatic carbocycles. The summed E-state index contributed by atoms with van der Waals surface area (Å²) in [6, 6.07) is 8.11. The lowest BCUT2D eigenvalue weighted by molar-refractivity contribution is 0.0872. The number of hydrogen-bond acceptors (Lipinski definition) is 6. The number of halogens is 1. The van der Waals surface area contributed by atoms with Crippen molar-refractivity contribution in [1.82, 2.24) is 28.7 Å². The number of fused-ring (bicyclic) bond motifs is 1. The minimum atomic E-state index is -0.257. The van der Waals surface area contributed by atoms with E-state index in [1.54, 1.807) is 31.0 Å². The number of imidazole rings is 1. The molecule has 1 saturated carbocycles. The molecule has 1 saturated heterocycles. The first-order valence-electron chi connectivity index (χ1n) is 14.4. The Morgan fingerprint density at radius 1 is 1.07 bits per heavy atom. The lowest BCUT2D eigenvalue weighted by Gasteiger charge is -2.41. The number of nitrogens with zero attached hydrogens (tertiary/aromatic N) is 6. The second-order valence-corrected chi connectivity index (χ2v) is 11.9. The number of anilines is 1. The van der Waals surface area contributed by atoms with Gasteiger partial charge in [-0.25, -0.2) is 4.98 Å². The molecular weight excluding hydrogens is 538 g/mol. The highest BCUT2D eigenvalue weighted by atomic mass is 35.5. The standard InChI is InChI=1S/C31H38ClN7O2/c1-20-29-28(22-7-10-25(27(17-22)41-4)34-31(40)26-18-23(32)19-37(26)3)35-30(39(29)12-11-33-20)21-5-8-24(9-6-21)38-15-13-36(2)14-16-38/h7,10-12,17-19,21,24H,5-6,8-9,13-16H2,1-4H3,(H,34,40). The van der Waals surface area contributed by atoms with E-state index in [0.29, 0.717) is 34.1 Å². The highest BCUT2D eigenvalue weighted by Crippen LogP contribution is 2.39. The van der Waals surface area contributed by atoms with Gasteiger partial charge in [-0.1, -0.05) is 17.7 Å². The Morgan fingerprint density at radius 2 is 1.83 bits per heavy atom. The maximum atomic E-state index is 12.9. The Kier molecular flexibility index (Phi) is 7.76. The van der Waals surface area contributed by atoms with Crippen molar-refractivity contribution >= 4 is 28.7 Å². The minimum Gasteiger partial charge on any atom is -0.495 e. The largest absolute Gasteiger partial charge is 0.495 e. The van der Waals surface area contributed by atoms with Gasteiger partial charge in [-0.15, -0.1) is 0 Å². The maximum Gasteiger partial charge on any atom is 0.272 e. The number of likely N-dealkylation sites (N-methyl/N-ethyl adjacent to an activating group) is 1. The van der Waals surface area contributed by atoms with Crippen LogP contribution in [-0.4, -0.2) is 81.0 Å². The number of rotatable bonds is 6. The van der Waals surface area contributed by atoms with Crippen LogP contribution in [0.3, 0.4) is 0 Å². The Labute approximate surface area is 246 Å². The molecule has 9 nitrogen and oxygen atoms in total. The van der Waals surface area contributed by atoms with E-state index in [9.17, 15) is 4.79 Å². The lowest BCUT2D eigenvalue weighted by atomic mass is 9.84. The number of ether oxygens (including phenoxy) is 1. The van der Waals surface area contributed by atoms with Gasteiger partial charge in [0.25, 0.3) is 5.91 Å². The zero-order valence-electron chi connectivity index (χ0n) is 24.2. The van der Waals surface area contributed by atoms with Gasteiger partial charge >= 0.3 is 0 Å². The molecule has 10 heteroatoms. The van der Waals surface area contributed by atoms with E-state index in [1.807, 2.05) is 37.5 Å². The zero-order chi connectivity index (χ0) is 28.7. The van der Waals surface area contributed by atoms with Crippen LogP contribution in [0.2, 0.25) is 5.02 Å². The summed E-state index contributed by atoms with van der Waals surface area (Å²) < 4.78 is 9.65. The highest BCUT2D eigenvalue weighted by Gasteiger charge is 2.31. The average molecular weight is 576 g/mol. The number of aryl methyl sites for hydroxylation is 2. The second-order valence-electron chi connectivity index (χ2n) is 11.4. The van der Waals surface area contributed by atoms with Crippen LogP contribution in [0.15, 0.2) is 42.9 Å². The van der Waals surface area contributed by atoms with Crippen molar-refractivity contribution in [3.8, 4) is 17.0 Å². The number of aromatic nitrogens is 4. The second kappa shape index (κ2) is 11.5. The van der Waals surface area contributed by atoms with E-state index >= 15 is 0 Å². The van der Waals surface area contributed by atoms with Gasteiger partial charge in [-0.3, -0.25) is 19.1 Å². The lowest BCUT2D eigenvalue weighted by Crippen LogP contribution is -2.49. The van der Waals surface area contributed by atoms with Crippen molar-refractivity contribution < 1.29 is 9.53 Å². The van der Waals surface area contributed by atoms with Crippen LogP contribution in [0.1, 0.15) is 53.6 Å². The molecule has 1 N–H and O–H groups in total. The Morgan fingerprint density at radius 3 is 2.51 bits per heavy atom. The third-order valence-electron chi connectivity index (χ3n) is 8.81. The van der Waals surface area contributed by atoms with Crippen LogP contribution in [0.25, 0.3) is 16.8 Å². The predicted octanol–water partition coefficient (Wildman–Crippen LogP) is 5.23. The Bertz CT molecular complexity index is 1560. The van der Waals surface area contributed by atoms with E-state index in [-0.39, 0.29) is 5.91 Å². The molecule has 6 rings (SSSR count). The van der Waals surface area contributed by atoms with Crippen LogP contribution >= 0.6 is 11.6 Å². The minimum absolute atomic E-state index is 0.257. The number of carbonyl (C=O) groups excluding carboxylic acids is 1. The fourth-order valence-electron chi connectivity index (χ4n) is 6.47. The Balaban J connectivity index is 1.27. The normalized spacial score (nSPS) is 20.4. The summed E-state index contributed by atoms with van der Waals surface area (Å²) in [7, 11) is 5.61. The number of amides is 1. The van der Waals surface area contributed by atoms with Gasteiger partial charge in [0.15, 0.2) is 0 Å². The molecule has 0 bridgehead atoms. The molecule has 1 amide bonds. The topological polar surface area (TPSA) is 79.9 Å². The number of carbonyl (C=O) groups is 1. The number of methoxy groups -OCH3 is 1. The fraction of sp³-hybridized carbons (Fsp3) is 0.452. The van der Waals surface area contributed by atoms with E-state index < -0.39 is 0 Å². The van der Waals surface area contributed by atoms with Crippen molar-refractivity contribution in [1.29, 1.82) is 0 Å². The van der Waals surface area contributed by atoms with Gasteiger partial charge in [-0.05, 0) is 57.9 Å². The van der Waals surface area contributed by atoms with Crippen molar-refractivity contribution in [3.63, 3.8) is 0 Å². The first-order valence-corrected chi connectivity index (χ1v) is 14.8. The SMILES string of the molecule is COc1cc(-c2nc(C3CCC(N4CCN(C)CC4)CC3)n3ccnc(C)c23)ccc1NC(=O)c1cc(Cl)cn1C. The molecule has 0 spiro atoms. The molecular formula is C31H38ClN7O2. The number of hydrogen-bond donors (Lipinski definition) is 1. The molecule has 0 radical (unpaired) electrons. The van der Waals surface area contributed by atoms with Gasteiger partial charge in [0.2, 0.25) is 0 Å². The highest BCUT2D eigenvalue weighted by molar-refractivity contribution is 6.31. The molecule has 2 fully saturated rings. The molecule has 1 aliphatic carbocycles. The van der Waals surface area contributed by atoms with Crippen LogP contribution in [0.5, 0.6) is 5.75 Å². The van der Waals surface area contributed by atoms with E-state index in [4.69, 9.17) is 21.3 Å². The van der Waals surface area contributed by atoms with Gasteiger partial charge in [0, 0.05) is 69.3 Å². The van der Waals surface area contributed by atoms with Gasteiger partial charge in [-0.2, -0.15) is 0 Å². The van der Waals surface area contributed by atoms with Crippen molar-refractivity contribution in [2.45, 2.75) is 44.6 Å². The van der Waals surface area contributed by atoms with E-state index in [1.165, 1.54) is 25.9 Å². The molecule has 0 atom stereocenters. The van der Waals surface area contributed by atoms with Crippen LogP contribution in [0.4, 0.5) is 5.69 Å². The number of benzene rings is 1. The first kappa shape index (κ1) is 27.8. The van der Waals surface area contributed by atoms with Crippen LogP contribution < -0.4 is 10.1 Å². The van der Waals surface area contributed by atoms with Crippen LogP contribution in [-0.2, 0) is 7.05 Å². The Hall–Kier alpha value is -3.40. The molecule has 1 aliphatic heterocycles. The number of nitrogens with one attached hydrogen (secondary N) is 1. The summed E-state index contributed by atoms with van der Waals surface area (Å²) in [4.78, 5) is 27.9. The smallest absolute Gasteiger partial charge is 0.272 e. The van der Waals surface area contributed by atoms with Crippen molar-refractivity contribution in [3.05, 3.63) is 65.1 Å². The summed E-state index contributed by atoms with van der Waals surface area (Å²) in [5, 5.41) is 3.47. The summed E-state index contributed by atoms with van der Waals surface area (Å²) in [6.07, 6.45) is 10.3. The third-order valence-corrected chi connectivity index (χ3v) is 9.02. The molecule has 0 unspecified atom stereocenters. The van der Waals surface area contributed by atoms with Gasteiger partial charge in [0.05, 0.1) is 34.7 Å². The summed E-state index contributed by atoms with van der Waals surface area (Å²) in [6.45, 7) is 6.69. The molecule has 216 valence electrons. The zero-order valence-corrected chi connectivity index (χ0v) is 25.0. The third kappa shape index (κ3) is 5.46. The monoisotopic (exact) mass is 575 g/mol. The molecule has 3 aromatic heterocycles. The average Bonchev–Trinajstić information content (AvgIpc) is 3.54. The maximum absolute atomic E-state index is 12.9. The fourth-order valence-corrected chi connectivity index (χ4v) is 6.72. The quantitative estimate of drug-likeness (QED) is 0.339. The molecule has 4 aromatic rings. The molecule has 2 aliphatic rings. The first-order chi connectivity index (χ1) is 19.8. The van der Waals surface area contributed by atoms with Crippen molar-refractivity contribution in [2.75, 3.05) is 45.7 Å². The predicted molar refractivity (Wildman–Crippen MR) is 162 cm³/mol. The molecule has 41 heavy (non-hydrogen) atoms. The van der Waals surface area contributed by atoms with Crippen LogP contribution in [0, 0.1) is 6.92 Å². The van der Waals surface area contributed by atoms with Crippen molar-refractivity contribution in [2.24, 2.45) is 7.05 Å². The van der Waals surface area contributed by atoms with Gasteiger partial charge < -0.3 is 19.5 Å². The number of piperazine rings is 1. The van der Waals surface area contributed by atoms with E-state index in [2.05, 4.69) is 31.5 Å². The summed E-state index contributed by atoms with van der Waals surface area (Å²) >= 11 is 6.08. The summed E-state index contributed by atoms with van der Waals surface area (Å²) in [5.41, 5.74) is 4.81.